The summed E-state index contributed by atoms with van der Waals surface area (Å²) in [5, 5.41) is 4.62. The predicted molar refractivity (Wildman–Crippen MR) is 137 cm³/mol. The molecule has 2 aromatic carbocycles. The number of hydrogen-bond acceptors (Lipinski definition) is 3. The van der Waals surface area contributed by atoms with Crippen molar-refractivity contribution >= 4 is 5.65 Å². The van der Waals surface area contributed by atoms with Gasteiger partial charge in [-0.3, -0.25) is 0 Å². The molecule has 1 aliphatic heterocycles. The van der Waals surface area contributed by atoms with Gasteiger partial charge in [-0.1, -0.05) is 75.7 Å². The Balaban J connectivity index is 1.34. The molecule has 1 fully saturated rings. The van der Waals surface area contributed by atoms with Crippen LogP contribution in [0.1, 0.15) is 51.2 Å². The molecule has 4 aromatic rings. The molecule has 1 aliphatic rings. The van der Waals surface area contributed by atoms with Crippen LogP contribution in [0.2, 0.25) is 0 Å². The largest absolute Gasteiger partial charge is 0.303 e. The topological polar surface area (TPSA) is 33.4 Å². The van der Waals surface area contributed by atoms with Crippen molar-refractivity contribution in [1.29, 1.82) is 0 Å². The average Bonchev–Trinajstić information content (AvgIpc) is 3.27. The molecule has 0 saturated carbocycles. The molecule has 33 heavy (non-hydrogen) atoms. The summed E-state index contributed by atoms with van der Waals surface area (Å²) in [7, 11) is 0. The summed E-state index contributed by atoms with van der Waals surface area (Å²) in [6.45, 7) is 10.4. The lowest BCUT2D eigenvalue weighted by Crippen LogP contribution is -2.31. The zero-order valence-electron chi connectivity index (χ0n) is 20.1. The van der Waals surface area contributed by atoms with E-state index in [9.17, 15) is 0 Å². The number of benzene rings is 2. The summed E-state index contributed by atoms with van der Waals surface area (Å²) in [5.74, 6) is 0. The van der Waals surface area contributed by atoms with E-state index in [4.69, 9.17) is 4.98 Å². The first kappa shape index (κ1) is 21.8. The van der Waals surface area contributed by atoms with Crippen molar-refractivity contribution in [2.75, 3.05) is 19.6 Å². The number of rotatable bonds is 5. The lowest BCUT2D eigenvalue weighted by atomic mass is 9.85. The second-order valence-electron chi connectivity index (χ2n) is 10.3. The molecule has 0 amide bonds. The Bertz CT molecular complexity index is 1220. The van der Waals surface area contributed by atoms with Crippen LogP contribution in [0.15, 0.2) is 67.1 Å². The van der Waals surface area contributed by atoms with Crippen LogP contribution in [0.4, 0.5) is 0 Å². The van der Waals surface area contributed by atoms with Crippen molar-refractivity contribution in [2.24, 2.45) is 0 Å². The monoisotopic (exact) mass is 438 g/mol. The van der Waals surface area contributed by atoms with Crippen LogP contribution < -0.4 is 0 Å². The lowest BCUT2D eigenvalue weighted by molar-refractivity contribution is 0.231. The minimum absolute atomic E-state index is 0.111. The molecule has 0 radical (unpaired) electrons. The van der Waals surface area contributed by atoms with E-state index in [1.807, 2.05) is 16.9 Å². The van der Waals surface area contributed by atoms with Gasteiger partial charge in [-0.2, -0.15) is 5.10 Å². The van der Waals surface area contributed by atoms with Crippen molar-refractivity contribution in [1.82, 2.24) is 19.5 Å². The third-order valence-corrected chi connectivity index (χ3v) is 6.85. The van der Waals surface area contributed by atoms with E-state index in [-0.39, 0.29) is 5.41 Å². The van der Waals surface area contributed by atoms with E-state index < -0.39 is 0 Å². The van der Waals surface area contributed by atoms with Gasteiger partial charge in [0.2, 0.25) is 0 Å². The maximum atomic E-state index is 4.80. The molecule has 2 aromatic heterocycles. The maximum Gasteiger partial charge on any atom is 0.162 e. The Kier molecular flexibility index (Phi) is 6.03. The molecule has 0 aliphatic carbocycles. The van der Waals surface area contributed by atoms with Gasteiger partial charge in [0.05, 0.1) is 6.20 Å². The smallest absolute Gasteiger partial charge is 0.162 e. The third-order valence-electron chi connectivity index (χ3n) is 6.85. The summed E-state index contributed by atoms with van der Waals surface area (Å²) in [6, 6.07) is 17.7. The van der Waals surface area contributed by atoms with Crippen LogP contribution >= 0.6 is 0 Å². The Morgan fingerprint density at radius 1 is 0.848 bits per heavy atom. The van der Waals surface area contributed by atoms with Gasteiger partial charge in [0, 0.05) is 30.1 Å². The van der Waals surface area contributed by atoms with Gasteiger partial charge >= 0.3 is 0 Å². The van der Waals surface area contributed by atoms with E-state index in [1.54, 1.807) is 0 Å². The van der Waals surface area contributed by atoms with Crippen LogP contribution in [0, 0.1) is 0 Å². The van der Waals surface area contributed by atoms with Gasteiger partial charge < -0.3 is 4.90 Å². The fourth-order valence-corrected chi connectivity index (χ4v) is 4.71. The van der Waals surface area contributed by atoms with E-state index in [2.05, 4.69) is 85.5 Å². The van der Waals surface area contributed by atoms with Gasteiger partial charge in [-0.15, -0.1) is 0 Å². The second kappa shape index (κ2) is 9.11. The maximum absolute atomic E-state index is 4.80. The molecule has 0 bridgehead atoms. The van der Waals surface area contributed by atoms with Gasteiger partial charge in [-0.05, 0) is 60.0 Å². The number of fused-ring (bicyclic) bond motifs is 1. The summed E-state index contributed by atoms with van der Waals surface area (Å²) in [5.41, 5.74) is 8.22. The first-order chi connectivity index (χ1) is 16.0. The summed E-state index contributed by atoms with van der Waals surface area (Å²) >= 11 is 0. The fourth-order valence-electron chi connectivity index (χ4n) is 4.71. The molecule has 4 heteroatoms. The average molecular weight is 439 g/mol. The highest BCUT2D eigenvalue weighted by Crippen LogP contribution is 2.30. The fraction of sp³-hybridized carbons (Fsp3) is 0.379. The zero-order valence-corrected chi connectivity index (χ0v) is 20.1. The van der Waals surface area contributed by atoms with Crippen LogP contribution in [0.25, 0.3) is 27.9 Å². The van der Waals surface area contributed by atoms with E-state index in [0.29, 0.717) is 0 Å². The number of aromatic nitrogens is 3. The first-order valence-electron chi connectivity index (χ1n) is 12.2. The molecule has 4 nitrogen and oxygen atoms in total. The van der Waals surface area contributed by atoms with Crippen molar-refractivity contribution in [3.8, 4) is 22.3 Å². The van der Waals surface area contributed by atoms with Crippen molar-refractivity contribution in [2.45, 2.75) is 51.9 Å². The van der Waals surface area contributed by atoms with E-state index in [0.717, 1.165) is 28.8 Å². The molecule has 170 valence electrons. The third kappa shape index (κ3) is 4.86. The molecule has 1 saturated heterocycles. The first-order valence-corrected chi connectivity index (χ1v) is 12.2. The van der Waals surface area contributed by atoms with Gasteiger partial charge in [-0.25, -0.2) is 9.50 Å². The SMILES string of the molecule is CC(C)(C)c1cccc(-c2cnn3cc(-c4ccc(CCN5CCCCC5)cc4)cnc23)c1. The highest BCUT2D eigenvalue weighted by atomic mass is 15.2. The van der Waals surface area contributed by atoms with Gasteiger partial charge in [0.25, 0.3) is 0 Å². The van der Waals surface area contributed by atoms with Crippen LogP contribution in [-0.2, 0) is 11.8 Å². The standard InChI is InChI=1S/C29H34N4/c1-29(2,3)26-9-7-8-24(18-26)27-20-31-33-21-25(19-30-28(27)33)23-12-10-22(11-13-23)14-17-32-15-5-4-6-16-32/h7-13,18-21H,4-6,14-17H2,1-3H3. The highest BCUT2D eigenvalue weighted by molar-refractivity contribution is 5.78. The van der Waals surface area contributed by atoms with Gasteiger partial charge in [0.1, 0.15) is 0 Å². The van der Waals surface area contributed by atoms with Crippen molar-refractivity contribution in [3.63, 3.8) is 0 Å². The molecule has 0 spiro atoms. The van der Waals surface area contributed by atoms with Crippen LogP contribution in [-0.4, -0.2) is 39.1 Å². The summed E-state index contributed by atoms with van der Waals surface area (Å²) in [6.07, 6.45) is 11.2. The molecule has 0 unspecified atom stereocenters. The Morgan fingerprint density at radius 3 is 2.39 bits per heavy atom. The molecular formula is C29H34N4. The Labute approximate surface area is 197 Å². The molecular weight excluding hydrogens is 404 g/mol. The van der Waals surface area contributed by atoms with E-state index in [1.165, 1.54) is 55.6 Å². The minimum atomic E-state index is 0.111. The normalized spacial score (nSPS) is 15.2. The molecule has 0 atom stereocenters. The zero-order chi connectivity index (χ0) is 22.8. The van der Waals surface area contributed by atoms with Crippen LogP contribution in [0.5, 0.6) is 0 Å². The Hall–Kier alpha value is -2.98. The number of hydrogen-bond donors (Lipinski definition) is 0. The Morgan fingerprint density at radius 2 is 1.64 bits per heavy atom. The lowest BCUT2D eigenvalue weighted by Gasteiger charge is -2.26. The van der Waals surface area contributed by atoms with Crippen LogP contribution in [0.3, 0.4) is 0 Å². The van der Waals surface area contributed by atoms with Crippen molar-refractivity contribution in [3.05, 3.63) is 78.2 Å². The molecule has 3 heterocycles. The molecule has 0 N–H and O–H groups in total. The second-order valence-corrected chi connectivity index (χ2v) is 10.3. The summed E-state index contributed by atoms with van der Waals surface area (Å²) in [4.78, 5) is 7.40. The quantitative estimate of drug-likeness (QED) is 0.362. The number of nitrogens with zero attached hydrogens (tertiary/aromatic N) is 4. The molecule has 5 rings (SSSR count). The van der Waals surface area contributed by atoms with Gasteiger partial charge in [0.15, 0.2) is 5.65 Å². The van der Waals surface area contributed by atoms with E-state index >= 15 is 0 Å². The number of piperidine rings is 1. The van der Waals surface area contributed by atoms with Crippen molar-refractivity contribution < 1.29 is 0 Å². The summed E-state index contributed by atoms with van der Waals surface area (Å²) < 4.78 is 1.90. The predicted octanol–water partition coefficient (Wildman–Crippen LogP) is 6.39. The minimum Gasteiger partial charge on any atom is -0.303 e. The number of likely N-dealkylation sites (tertiary alicyclic amines) is 1. The highest BCUT2D eigenvalue weighted by Gasteiger charge is 2.16.